The largest absolute Gasteiger partial charge is 0.467 e. The van der Waals surface area contributed by atoms with Gasteiger partial charge in [0.15, 0.2) is 0 Å². The molecule has 0 saturated heterocycles. The van der Waals surface area contributed by atoms with Gasteiger partial charge < -0.3 is 15.0 Å². The van der Waals surface area contributed by atoms with Crippen LogP contribution < -0.4 is 5.32 Å². The number of nitrogens with zero attached hydrogens (tertiary/aromatic N) is 1. The molecule has 0 aromatic carbocycles. The van der Waals surface area contributed by atoms with Gasteiger partial charge in [0.25, 0.3) is 0 Å². The Balaban J connectivity index is 2.43. The molecule has 106 valence electrons. The van der Waals surface area contributed by atoms with Crippen molar-refractivity contribution in [3.05, 3.63) is 22.4 Å². The van der Waals surface area contributed by atoms with Crippen LogP contribution in [0.25, 0.3) is 0 Å². The number of esters is 1. The molecule has 19 heavy (non-hydrogen) atoms. The molecule has 0 fully saturated rings. The SMILES string of the molecule is COC(=O)C(CN(C)CCc1cccs1)NC(C)=O. The van der Waals surface area contributed by atoms with Crippen molar-refractivity contribution in [2.45, 2.75) is 19.4 Å². The van der Waals surface area contributed by atoms with Crippen molar-refractivity contribution < 1.29 is 14.3 Å². The number of likely N-dealkylation sites (N-methyl/N-ethyl adjacent to an activating group) is 1. The second-order valence-electron chi connectivity index (χ2n) is 4.37. The fourth-order valence-corrected chi connectivity index (χ4v) is 2.42. The lowest BCUT2D eigenvalue weighted by molar-refractivity contribution is -0.145. The lowest BCUT2D eigenvalue weighted by Crippen LogP contribution is -2.47. The van der Waals surface area contributed by atoms with E-state index in [1.165, 1.54) is 18.9 Å². The Hall–Kier alpha value is -1.40. The van der Waals surface area contributed by atoms with Crippen molar-refractivity contribution in [3.63, 3.8) is 0 Å². The zero-order valence-corrected chi connectivity index (χ0v) is 12.3. The first-order chi connectivity index (χ1) is 9.02. The smallest absolute Gasteiger partial charge is 0.329 e. The molecule has 0 aliphatic carbocycles. The first-order valence-corrected chi connectivity index (χ1v) is 6.96. The molecule has 0 bridgehead atoms. The van der Waals surface area contributed by atoms with E-state index in [9.17, 15) is 9.59 Å². The number of carbonyl (C=O) groups excluding carboxylic acids is 2. The summed E-state index contributed by atoms with van der Waals surface area (Å²) in [4.78, 5) is 25.9. The van der Waals surface area contributed by atoms with Crippen LogP contribution in [-0.4, -0.2) is 50.1 Å². The topological polar surface area (TPSA) is 58.6 Å². The van der Waals surface area contributed by atoms with Gasteiger partial charge in [-0.25, -0.2) is 4.79 Å². The fourth-order valence-electron chi connectivity index (χ4n) is 1.73. The third kappa shape index (κ3) is 5.85. The molecular formula is C13H20N2O3S. The number of carbonyl (C=O) groups is 2. The summed E-state index contributed by atoms with van der Waals surface area (Å²) in [5.41, 5.74) is 0. The second-order valence-corrected chi connectivity index (χ2v) is 5.40. The van der Waals surface area contributed by atoms with Gasteiger partial charge in [0.05, 0.1) is 7.11 Å². The molecule has 1 rings (SSSR count). The maximum atomic E-state index is 11.6. The summed E-state index contributed by atoms with van der Waals surface area (Å²) in [6.45, 7) is 2.66. The molecule has 1 heterocycles. The van der Waals surface area contributed by atoms with Crippen molar-refractivity contribution in [3.8, 4) is 0 Å². The maximum Gasteiger partial charge on any atom is 0.329 e. The predicted octanol–water partition coefficient (Wildman–Crippen LogP) is 0.900. The van der Waals surface area contributed by atoms with E-state index in [1.807, 2.05) is 23.4 Å². The number of nitrogens with one attached hydrogen (secondary N) is 1. The number of ether oxygens (including phenoxy) is 1. The summed E-state index contributed by atoms with van der Waals surface area (Å²) in [7, 11) is 3.24. The minimum absolute atomic E-state index is 0.234. The number of hydrogen-bond donors (Lipinski definition) is 1. The summed E-state index contributed by atoms with van der Waals surface area (Å²) in [5, 5.41) is 4.65. The monoisotopic (exact) mass is 284 g/mol. The third-order valence-electron chi connectivity index (χ3n) is 2.68. The van der Waals surface area contributed by atoms with Crippen LogP contribution in [-0.2, 0) is 20.7 Å². The zero-order chi connectivity index (χ0) is 14.3. The summed E-state index contributed by atoms with van der Waals surface area (Å²) < 4.78 is 4.69. The van der Waals surface area contributed by atoms with Gasteiger partial charge in [-0.3, -0.25) is 4.79 Å². The Kier molecular flexibility index (Phi) is 6.52. The van der Waals surface area contributed by atoms with Gasteiger partial charge in [-0.15, -0.1) is 11.3 Å². The number of amides is 1. The van der Waals surface area contributed by atoms with Crippen molar-refractivity contribution >= 4 is 23.2 Å². The van der Waals surface area contributed by atoms with Gasteiger partial charge in [0, 0.05) is 24.9 Å². The summed E-state index contributed by atoms with van der Waals surface area (Å²) in [5.74, 6) is -0.653. The quantitative estimate of drug-likeness (QED) is 0.756. The van der Waals surface area contributed by atoms with Crippen LogP contribution in [0.15, 0.2) is 17.5 Å². The highest BCUT2D eigenvalue weighted by Gasteiger charge is 2.21. The average molecular weight is 284 g/mol. The summed E-state index contributed by atoms with van der Waals surface area (Å²) >= 11 is 1.72. The Morgan fingerprint density at radius 3 is 2.79 bits per heavy atom. The highest BCUT2D eigenvalue weighted by molar-refractivity contribution is 7.09. The molecule has 0 saturated carbocycles. The molecular weight excluding hydrogens is 264 g/mol. The zero-order valence-electron chi connectivity index (χ0n) is 11.5. The van der Waals surface area contributed by atoms with E-state index < -0.39 is 12.0 Å². The van der Waals surface area contributed by atoms with Crippen molar-refractivity contribution in [1.29, 1.82) is 0 Å². The lowest BCUT2D eigenvalue weighted by atomic mass is 10.2. The second kappa shape index (κ2) is 7.91. The number of methoxy groups -OCH3 is 1. The predicted molar refractivity (Wildman–Crippen MR) is 75.1 cm³/mol. The first kappa shape index (κ1) is 15.7. The normalized spacial score (nSPS) is 12.2. The van der Waals surface area contributed by atoms with Crippen molar-refractivity contribution in [2.75, 3.05) is 27.2 Å². The standard InChI is InChI=1S/C13H20N2O3S/c1-10(16)14-12(13(17)18-3)9-15(2)7-6-11-5-4-8-19-11/h4-5,8,12H,6-7,9H2,1-3H3,(H,14,16). The number of hydrogen-bond acceptors (Lipinski definition) is 5. The molecule has 1 aromatic rings. The van der Waals surface area contributed by atoms with Crippen LogP contribution in [0.2, 0.25) is 0 Å². The van der Waals surface area contributed by atoms with Crippen molar-refractivity contribution in [1.82, 2.24) is 10.2 Å². The van der Waals surface area contributed by atoms with Crippen molar-refractivity contribution in [2.24, 2.45) is 0 Å². The molecule has 0 radical (unpaired) electrons. The molecule has 5 nitrogen and oxygen atoms in total. The Morgan fingerprint density at radius 1 is 1.53 bits per heavy atom. The molecule has 0 aliphatic rings. The fraction of sp³-hybridized carbons (Fsp3) is 0.538. The van der Waals surface area contributed by atoms with Crippen LogP contribution in [0, 0.1) is 0 Å². The van der Waals surface area contributed by atoms with E-state index in [0.29, 0.717) is 6.54 Å². The number of rotatable bonds is 7. The molecule has 1 amide bonds. The van der Waals surface area contributed by atoms with Gasteiger partial charge >= 0.3 is 5.97 Å². The van der Waals surface area contributed by atoms with E-state index in [4.69, 9.17) is 0 Å². The lowest BCUT2D eigenvalue weighted by Gasteiger charge is -2.22. The van der Waals surface area contributed by atoms with Crippen LogP contribution in [0.5, 0.6) is 0 Å². The first-order valence-electron chi connectivity index (χ1n) is 6.08. The van der Waals surface area contributed by atoms with Gasteiger partial charge in [0.2, 0.25) is 5.91 Å². The van der Waals surface area contributed by atoms with E-state index in [1.54, 1.807) is 11.3 Å². The van der Waals surface area contributed by atoms with Gasteiger partial charge in [-0.05, 0) is 24.9 Å². The van der Waals surface area contributed by atoms with Crippen LogP contribution in [0.1, 0.15) is 11.8 Å². The van der Waals surface area contributed by atoms with E-state index >= 15 is 0 Å². The highest BCUT2D eigenvalue weighted by Crippen LogP contribution is 2.09. The molecule has 0 spiro atoms. The molecule has 1 unspecified atom stereocenters. The highest BCUT2D eigenvalue weighted by atomic mass is 32.1. The molecule has 6 heteroatoms. The minimum atomic E-state index is -0.615. The Labute approximate surface area is 117 Å². The third-order valence-corrected chi connectivity index (χ3v) is 3.61. The van der Waals surface area contributed by atoms with E-state index in [-0.39, 0.29) is 5.91 Å². The van der Waals surface area contributed by atoms with Crippen LogP contribution in [0.4, 0.5) is 0 Å². The maximum absolute atomic E-state index is 11.6. The van der Waals surface area contributed by atoms with Crippen LogP contribution >= 0.6 is 11.3 Å². The number of thiophene rings is 1. The molecule has 1 atom stereocenters. The molecule has 1 N–H and O–H groups in total. The van der Waals surface area contributed by atoms with Crippen LogP contribution in [0.3, 0.4) is 0 Å². The van der Waals surface area contributed by atoms with Gasteiger partial charge in [0.1, 0.15) is 6.04 Å². The molecule has 1 aromatic heterocycles. The van der Waals surface area contributed by atoms with Gasteiger partial charge in [-0.1, -0.05) is 6.07 Å². The van der Waals surface area contributed by atoms with E-state index in [2.05, 4.69) is 16.1 Å². The Bertz CT molecular complexity index is 406. The minimum Gasteiger partial charge on any atom is -0.467 e. The summed E-state index contributed by atoms with van der Waals surface area (Å²) in [6, 6.07) is 3.49. The van der Waals surface area contributed by atoms with Gasteiger partial charge in [-0.2, -0.15) is 0 Å². The summed E-state index contributed by atoms with van der Waals surface area (Å²) in [6.07, 6.45) is 0.933. The Morgan fingerprint density at radius 2 is 2.26 bits per heavy atom. The average Bonchev–Trinajstić information content (AvgIpc) is 2.87. The van der Waals surface area contributed by atoms with E-state index in [0.717, 1.165) is 13.0 Å². The molecule has 0 aliphatic heterocycles.